The summed E-state index contributed by atoms with van der Waals surface area (Å²) in [6.07, 6.45) is 2.98. The number of ketones is 1. The van der Waals surface area contributed by atoms with Crippen molar-refractivity contribution in [2.45, 2.75) is 20.4 Å². The molecule has 0 atom stereocenters. The monoisotopic (exact) mass is 409 g/mol. The summed E-state index contributed by atoms with van der Waals surface area (Å²) in [7, 11) is 0. The second-order valence-corrected chi connectivity index (χ2v) is 7.37. The van der Waals surface area contributed by atoms with Gasteiger partial charge in [0.25, 0.3) is 11.2 Å². The van der Waals surface area contributed by atoms with Crippen molar-refractivity contribution in [1.82, 2.24) is 19.1 Å². The molecule has 0 N–H and O–H groups in total. The van der Waals surface area contributed by atoms with E-state index in [4.69, 9.17) is 0 Å². The molecule has 146 valence electrons. The van der Waals surface area contributed by atoms with E-state index in [2.05, 4.69) is 9.97 Å². The molecule has 0 aliphatic heterocycles. The molecule has 4 rings (SSSR count). The molecule has 1 aromatic carbocycles. The number of carbonyl (C=O) groups excluding carboxylic acids is 1. The second-order valence-electron chi connectivity index (χ2n) is 6.49. The van der Waals surface area contributed by atoms with Crippen LogP contribution in [0.2, 0.25) is 0 Å². The van der Waals surface area contributed by atoms with E-state index in [0.717, 1.165) is 16.5 Å². The number of thiazole rings is 1. The smallest absolute Gasteiger partial charge is 0.270 e. The SMILES string of the molecule is Cc1cc(C(=O)Cn2cnc3ccc([N+](=O)[O-])cc3c2=O)c(C)n1-c1nccs1. The zero-order valence-corrected chi connectivity index (χ0v) is 16.3. The summed E-state index contributed by atoms with van der Waals surface area (Å²) < 4.78 is 3.06. The first-order valence-corrected chi connectivity index (χ1v) is 9.50. The Bertz CT molecular complexity index is 1320. The van der Waals surface area contributed by atoms with Crippen molar-refractivity contribution < 1.29 is 9.72 Å². The van der Waals surface area contributed by atoms with Gasteiger partial charge in [-0.15, -0.1) is 11.3 Å². The van der Waals surface area contributed by atoms with E-state index in [1.54, 1.807) is 12.3 Å². The highest BCUT2D eigenvalue weighted by Crippen LogP contribution is 2.23. The highest BCUT2D eigenvalue weighted by molar-refractivity contribution is 7.12. The Labute approximate surface area is 168 Å². The van der Waals surface area contributed by atoms with Crippen LogP contribution in [0.25, 0.3) is 16.0 Å². The van der Waals surface area contributed by atoms with Crippen molar-refractivity contribution in [2.24, 2.45) is 0 Å². The average molecular weight is 409 g/mol. The van der Waals surface area contributed by atoms with E-state index in [9.17, 15) is 19.7 Å². The molecule has 0 unspecified atom stereocenters. The predicted molar refractivity (Wildman–Crippen MR) is 108 cm³/mol. The standard InChI is InChI=1S/C19H15N5O4S/c1-11-7-14(12(2)23(11)19-20-5-6-29-19)17(25)9-22-10-21-16-4-3-13(24(27)28)8-15(16)18(22)26/h3-8,10H,9H2,1-2H3. The van der Waals surface area contributed by atoms with Crippen molar-refractivity contribution in [3.8, 4) is 5.13 Å². The van der Waals surface area contributed by atoms with Gasteiger partial charge in [-0.25, -0.2) is 9.97 Å². The van der Waals surface area contributed by atoms with E-state index in [0.29, 0.717) is 11.1 Å². The Morgan fingerprint density at radius 2 is 2.03 bits per heavy atom. The zero-order valence-electron chi connectivity index (χ0n) is 15.5. The number of rotatable bonds is 5. The van der Waals surface area contributed by atoms with Crippen LogP contribution in [0.5, 0.6) is 0 Å². The number of hydrogen-bond acceptors (Lipinski definition) is 7. The van der Waals surface area contributed by atoms with Crippen LogP contribution in [0.15, 0.2) is 47.0 Å². The van der Waals surface area contributed by atoms with E-state index < -0.39 is 10.5 Å². The summed E-state index contributed by atoms with van der Waals surface area (Å²) in [5.41, 5.74) is 1.73. The lowest BCUT2D eigenvalue weighted by molar-refractivity contribution is -0.384. The fraction of sp³-hybridized carbons (Fsp3) is 0.158. The largest absolute Gasteiger partial charge is 0.294 e. The van der Waals surface area contributed by atoms with Crippen molar-refractivity contribution in [1.29, 1.82) is 0 Å². The molecule has 0 aliphatic rings. The van der Waals surface area contributed by atoms with Gasteiger partial charge >= 0.3 is 0 Å². The molecule has 0 saturated carbocycles. The summed E-state index contributed by atoms with van der Waals surface area (Å²) in [5.74, 6) is -0.255. The maximum Gasteiger partial charge on any atom is 0.270 e. The topological polar surface area (TPSA) is 113 Å². The van der Waals surface area contributed by atoms with E-state index in [1.165, 1.54) is 40.4 Å². The Morgan fingerprint density at radius 1 is 1.24 bits per heavy atom. The molecule has 0 fully saturated rings. The van der Waals surface area contributed by atoms with Gasteiger partial charge in [-0.05, 0) is 26.0 Å². The number of non-ortho nitro benzene ring substituents is 1. The Morgan fingerprint density at radius 3 is 2.72 bits per heavy atom. The van der Waals surface area contributed by atoms with Gasteiger partial charge in [0, 0.05) is 40.7 Å². The fourth-order valence-corrected chi connectivity index (χ4v) is 4.03. The minimum Gasteiger partial charge on any atom is -0.294 e. The highest BCUT2D eigenvalue weighted by Gasteiger charge is 2.19. The minimum atomic E-state index is -0.575. The minimum absolute atomic E-state index is 0.0998. The van der Waals surface area contributed by atoms with E-state index in [1.807, 2.05) is 23.8 Å². The second kappa shape index (κ2) is 7.06. The molecule has 0 radical (unpaired) electrons. The molecule has 0 aliphatic carbocycles. The molecule has 0 saturated heterocycles. The van der Waals surface area contributed by atoms with Gasteiger partial charge < -0.3 is 0 Å². The summed E-state index contributed by atoms with van der Waals surface area (Å²) in [5, 5.41) is 13.7. The Balaban J connectivity index is 1.71. The van der Waals surface area contributed by atoms with Crippen LogP contribution in [0.1, 0.15) is 21.7 Å². The molecule has 4 aromatic rings. The van der Waals surface area contributed by atoms with Gasteiger partial charge in [-0.2, -0.15) is 0 Å². The molecule has 0 bridgehead atoms. The summed E-state index contributed by atoms with van der Waals surface area (Å²) in [6.45, 7) is 3.49. The molecule has 29 heavy (non-hydrogen) atoms. The third kappa shape index (κ3) is 3.23. The number of aromatic nitrogens is 4. The van der Waals surface area contributed by atoms with Crippen LogP contribution in [0.3, 0.4) is 0 Å². The number of nitro groups is 1. The van der Waals surface area contributed by atoms with Crippen molar-refractivity contribution in [3.63, 3.8) is 0 Å². The fourth-order valence-electron chi connectivity index (χ4n) is 3.28. The number of Topliss-reactive ketones (excluding diaryl/α,β-unsaturated/α-hetero) is 1. The normalized spacial score (nSPS) is 11.1. The van der Waals surface area contributed by atoms with Gasteiger partial charge in [-0.3, -0.25) is 28.8 Å². The number of benzene rings is 1. The van der Waals surface area contributed by atoms with Crippen molar-refractivity contribution >= 4 is 33.7 Å². The lowest BCUT2D eigenvalue weighted by Crippen LogP contribution is -2.25. The zero-order chi connectivity index (χ0) is 20.7. The van der Waals surface area contributed by atoms with Crippen LogP contribution >= 0.6 is 11.3 Å². The number of aryl methyl sites for hydroxylation is 1. The average Bonchev–Trinajstić information content (AvgIpc) is 3.31. The number of fused-ring (bicyclic) bond motifs is 1. The maximum absolute atomic E-state index is 12.9. The maximum atomic E-state index is 12.9. The van der Waals surface area contributed by atoms with Crippen LogP contribution < -0.4 is 5.56 Å². The quantitative estimate of drug-likeness (QED) is 0.284. The van der Waals surface area contributed by atoms with Gasteiger partial charge in [0.15, 0.2) is 10.9 Å². The summed E-state index contributed by atoms with van der Waals surface area (Å²) in [6, 6.07) is 5.66. The van der Waals surface area contributed by atoms with E-state index in [-0.39, 0.29) is 23.4 Å². The van der Waals surface area contributed by atoms with E-state index >= 15 is 0 Å². The molecular weight excluding hydrogens is 394 g/mol. The van der Waals surface area contributed by atoms with Gasteiger partial charge in [0.1, 0.15) is 0 Å². The Kier molecular flexibility index (Phi) is 4.55. The highest BCUT2D eigenvalue weighted by atomic mass is 32.1. The lowest BCUT2D eigenvalue weighted by Gasteiger charge is -2.07. The first-order valence-electron chi connectivity index (χ1n) is 8.62. The molecule has 9 nitrogen and oxygen atoms in total. The van der Waals surface area contributed by atoms with Crippen LogP contribution in [-0.4, -0.2) is 29.8 Å². The third-order valence-corrected chi connectivity index (χ3v) is 5.43. The molecule has 10 heteroatoms. The van der Waals surface area contributed by atoms with Gasteiger partial charge in [-0.1, -0.05) is 0 Å². The van der Waals surface area contributed by atoms with Crippen LogP contribution in [-0.2, 0) is 6.54 Å². The predicted octanol–water partition coefficient (Wildman–Crippen LogP) is 3.05. The molecule has 3 aromatic heterocycles. The number of nitrogens with zero attached hydrogens (tertiary/aromatic N) is 5. The third-order valence-electron chi connectivity index (χ3n) is 4.67. The van der Waals surface area contributed by atoms with Crippen LogP contribution in [0, 0.1) is 24.0 Å². The molecule has 0 spiro atoms. The molecule has 0 amide bonds. The van der Waals surface area contributed by atoms with Crippen molar-refractivity contribution in [3.05, 3.63) is 79.6 Å². The number of hydrogen-bond donors (Lipinski definition) is 0. The van der Waals surface area contributed by atoms with Crippen LogP contribution in [0.4, 0.5) is 5.69 Å². The summed E-state index contributed by atoms with van der Waals surface area (Å²) >= 11 is 1.46. The number of carbonyl (C=O) groups is 1. The van der Waals surface area contributed by atoms with Gasteiger partial charge in [0.05, 0.1) is 28.7 Å². The first-order chi connectivity index (χ1) is 13.9. The molecule has 3 heterocycles. The molecular formula is C19H15N5O4S. The number of nitro benzene ring substituents is 1. The van der Waals surface area contributed by atoms with Crippen molar-refractivity contribution in [2.75, 3.05) is 0 Å². The summed E-state index contributed by atoms with van der Waals surface area (Å²) in [4.78, 5) is 44.5. The Hall–Kier alpha value is -3.66. The van der Waals surface area contributed by atoms with Gasteiger partial charge in [0.2, 0.25) is 0 Å². The first kappa shape index (κ1) is 18.7. The lowest BCUT2D eigenvalue weighted by atomic mass is 10.1.